The number of hydrogen-bond donors (Lipinski definition) is 0. The zero-order valence-corrected chi connectivity index (χ0v) is 30.8. The topological polar surface area (TPSA) is 0 Å². The average Bonchev–Trinajstić information content (AvgIpc) is 3.22. The van der Waals surface area contributed by atoms with Gasteiger partial charge in [0.25, 0.3) is 0 Å². The Kier molecular flexibility index (Phi) is 10.9. The summed E-state index contributed by atoms with van der Waals surface area (Å²) in [6.07, 6.45) is 0. The number of hydrogen-bond acceptors (Lipinski definition) is 0. The second-order valence-electron chi connectivity index (χ2n) is 11.0. The third kappa shape index (κ3) is 6.65. The maximum atomic E-state index is 2.30. The van der Waals surface area contributed by atoms with Gasteiger partial charge in [-0.05, 0) is 0 Å². The molecule has 0 bridgehead atoms. The summed E-state index contributed by atoms with van der Waals surface area (Å²) in [7, 11) is 0. The molecule has 0 atom stereocenters. The van der Waals surface area contributed by atoms with Crippen LogP contribution in [0.2, 0.25) is 0 Å². The molecule has 0 aliphatic carbocycles. The van der Waals surface area contributed by atoms with Crippen molar-refractivity contribution in [2.24, 2.45) is 0 Å². The first-order valence-electron chi connectivity index (χ1n) is 16.6. The van der Waals surface area contributed by atoms with E-state index < -0.39 is 31.1 Å². The van der Waals surface area contributed by atoms with E-state index in [2.05, 4.69) is 243 Å². The second-order valence-corrected chi connectivity index (χ2v) is 22.9. The summed E-state index contributed by atoms with van der Waals surface area (Å²) in [5.41, 5.74) is 0. The molecule has 252 valence electrons. The van der Waals surface area contributed by atoms with Gasteiger partial charge in [0.2, 0.25) is 0 Å². The van der Waals surface area contributed by atoms with Crippen LogP contribution in [-0.2, 0) is 31.1 Å². The van der Waals surface area contributed by atoms with Gasteiger partial charge in [-0.25, -0.2) is 0 Å². The normalized spacial score (nSPS) is 11.8. The van der Waals surface area contributed by atoms with Gasteiger partial charge in [0.1, 0.15) is 0 Å². The summed E-state index contributed by atoms with van der Waals surface area (Å²) in [5, 5.41) is 0. The summed E-state index contributed by atoms with van der Waals surface area (Å²) in [6, 6.07) is 88.1. The molecule has 0 heterocycles. The Bertz CT molecular complexity index is 1670. The van der Waals surface area contributed by atoms with Gasteiger partial charge in [-0.3, -0.25) is 0 Å². The molecule has 0 N–H and O–H groups in total. The molecule has 2 heteroatoms. The molecule has 0 saturated heterocycles. The fourth-order valence-electron chi connectivity index (χ4n) is 5.75. The first-order chi connectivity index (χ1) is 24.8. The van der Waals surface area contributed by atoms with E-state index in [1.165, 1.54) is 32.3 Å². The molecule has 0 aliphatic rings. The van der Waals surface area contributed by atoms with Gasteiger partial charge in [0, 0.05) is 0 Å². The van der Waals surface area contributed by atoms with Gasteiger partial charge in [0.15, 0.2) is 0 Å². The molecule has 0 unspecified atom stereocenters. The molecule has 0 fully saturated rings. The van der Waals surface area contributed by atoms with Crippen LogP contribution in [0.1, 0.15) is 0 Å². The Balaban J connectivity index is 0.000000157. The monoisotopic (exact) mass is 828 g/mol. The van der Waals surface area contributed by atoms with E-state index in [0.717, 1.165) is 0 Å². The Labute approximate surface area is 303 Å². The second kappa shape index (κ2) is 16.2. The van der Waals surface area contributed by atoms with E-state index in [1.807, 2.05) is 0 Å². The van der Waals surface area contributed by atoms with E-state index in [-0.39, 0.29) is 0 Å². The van der Waals surface area contributed by atoms with Crippen LogP contribution in [0.25, 0.3) is 0 Å². The SMILES string of the molecule is c1cc[c]([Pd]([c]2ccccc2)([c]2ccccc2)[c]2ccccc2)cc1.c1cc[c]([Pd]([c]2ccccc2)([c]2ccccc2)[c]2ccccc2)cc1. The Morgan fingerprint density at radius 2 is 0.240 bits per heavy atom. The van der Waals surface area contributed by atoms with Gasteiger partial charge in [-0.2, -0.15) is 0 Å². The molecule has 0 saturated carbocycles. The summed E-state index contributed by atoms with van der Waals surface area (Å²) in [5.74, 6) is 0. The van der Waals surface area contributed by atoms with Gasteiger partial charge < -0.3 is 0 Å². The van der Waals surface area contributed by atoms with Crippen LogP contribution in [0.5, 0.6) is 0 Å². The van der Waals surface area contributed by atoms with Crippen molar-refractivity contribution >= 4 is 32.3 Å². The fourth-order valence-corrected chi connectivity index (χ4v) is 20.6. The quantitative estimate of drug-likeness (QED) is 0.147. The molecule has 8 aromatic rings. The Hall–Kier alpha value is -4.92. The van der Waals surface area contributed by atoms with Crippen LogP contribution in [0.3, 0.4) is 0 Å². The van der Waals surface area contributed by atoms with Crippen molar-refractivity contribution in [2.75, 3.05) is 0 Å². The van der Waals surface area contributed by atoms with E-state index in [9.17, 15) is 0 Å². The van der Waals surface area contributed by atoms with Crippen LogP contribution in [-0.4, -0.2) is 0 Å². The minimum atomic E-state index is -2.46. The van der Waals surface area contributed by atoms with E-state index >= 15 is 0 Å². The van der Waals surface area contributed by atoms with Gasteiger partial charge >= 0.3 is 306 Å². The van der Waals surface area contributed by atoms with Crippen molar-refractivity contribution in [3.05, 3.63) is 243 Å². The Morgan fingerprint density at radius 1 is 0.140 bits per heavy atom. The third-order valence-electron chi connectivity index (χ3n) is 7.89. The van der Waals surface area contributed by atoms with Crippen molar-refractivity contribution in [1.82, 2.24) is 0 Å². The van der Waals surface area contributed by atoms with Crippen molar-refractivity contribution in [1.29, 1.82) is 0 Å². The van der Waals surface area contributed by atoms with Crippen LogP contribution >= 0.6 is 0 Å². The predicted octanol–water partition coefficient (Wildman–Crippen LogP) is 6.88. The molecule has 0 spiro atoms. The van der Waals surface area contributed by atoms with Gasteiger partial charge in [-0.15, -0.1) is 0 Å². The summed E-state index contributed by atoms with van der Waals surface area (Å²) in [4.78, 5) is 0. The summed E-state index contributed by atoms with van der Waals surface area (Å²) < 4.78 is 11.4. The zero-order chi connectivity index (χ0) is 33.9. The molecule has 50 heavy (non-hydrogen) atoms. The summed E-state index contributed by atoms with van der Waals surface area (Å²) in [6.45, 7) is 0. The van der Waals surface area contributed by atoms with Crippen LogP contribution in [0, 0.1) is 0 Å². The molecule has 0 amide bonds. The van der Waals surface area contributed by atoms with E-state index in [4.69, 9.17) is 0 Å². The van der Waals surface area contributed by atoms with E-state index in [0.29, 0.717) is 0 Å². The standard InChI is InChI=1S/8C6H5.2Pd/c8*1-2-4-6-5-3-1;;/h8*1-5H;;. The Morgan fingerprint density at radius 3 is 0.340 bits per heavy atom. The molecule has 0 aliphatic heterocycles. The van der Waals surface area contributed by atoms with Crippen LogP contribution in [0.4, 0.5) is 0 Å². The third-order valence-corrected chi connectivity index (χ3v) is 22.8. The van der Waals surface area contributed by atoms with Crippen molar-refractivity contribution in [2.45, 2.75) is 0 Å². The first-order valence-corrected chi connectivity index (χ1v) is 22.8. The average molecular weight is 830 g/mol. The van der Waals surface area contributed by atoms with Crippen molar-refractivity contribution in [3.63, 3.8) is 0 Å². The fraction of sp³-hybridized carbons (Fsp3) is 0. The van der Waals surface area contributed by atoms with Gasteiger partial charge in [0.05, 0.1) is 0 Å². The number of benzene rings is 8. The number of rotatable bonds is 8. The minimum absolute atomic E-state index is 1.43. The predicted molar refractivity (Wildman–Crippen MR) is 209 cm³/mol. The molecular formula is C48H40Pd2. The van der Waals surface area contributed by atoms with Crippen molar-refractivity contribution in [3.8, 4) is 0 Å². The molecule has 0 aromatic heterocycles. The molecular weight excluding hydrogens is 789 g/mol. The maximum absolute atomic E-state index is 2.46. The zero-order valence-electron chi connectivity index (χ0n) is 27.7. The molecule has 8 aromatic carbocycles. The van der Waals surface area contributed by atoms with Crippen molar-refractivity contribution < 1.29 is 31.1 Å². The first kappa shape index (κ1) is 33.6. The van der Waals surface area contributed by atoms with Crippen LogP contribution < -0.4 is 32.3 Å². The van der Waals surface area contributed by atoms with Gasteiger partial charge in [-0.1, -0.05) is 0 Å². The molecule has 8 rings (SSSR count). The van der Waals surface area contributed by atoms with E-state index in [1.54, 1.807) is 0 Å². The van der Waals surface area contributed by atoms with Crippen LogP contribution in [0.15, 0.2) is 243 Å². The molecule has 0 radical (unpaired) electrons. The summed E-state index contributed by atoms with van der Waals surface area (Å²) >= 11 is -4.92. The molecule has 0 nitrogen and oxygen atoms in total.